The highest BCUT2D eigenvalue weighted by Gasteiger charge is 2.24. The predicted molar refractivity (Wildman–Crippen MR) is 69.4 cm³/mol. The zero-order valence-electron chi connectivity index (χ0n) is 10.7. The quantitative estimate of drug-likeness (QED) is 0.819. The van der Waals surface area contributed by atoms with Crippen LogP contribution in [0.4, 0.5) is 0 Å². The summed E-state index contributed by atoms with van der Waals surface area (Å²) >= 11 is 0. The maximum Gasteiger partial charge on any atom is 0.0297 e. The van der Waals surface area contributed by atoms with Crippen molar-refractivity contribution in [1.29, 1.82) is 0 Å². The summed E-state index contributed by atoms with van der Waals surface area (Å²) < 4.78 is 0. The Morgan fingerprint density at radius 2 is 1.75 bits per heavy atom. The van der Waals surface area contributed by atoms with E-state index in [0.29, 0.717) is 0 Å². The summed E-state index contributed by atoms with van der Waals surface area (Å²) in [6, 6.07) is 9.09. The Hall–Kier alpha value is -0.820. The van der Waals surface area contributed by atoms with Crippen LogP contribution >= 0.6 is 0 Å². The van der Waals surface area contributed by atoms with E-state index >= 15 is 0 Å². The molecule has 0 amide bonds. The summed E-state index contributed by atoms with van der Waals surface area (Å²) in [6.07, 6.45) is 3.93. The van der Waals surface area contributed by atoms with E-state index < -0.39 is 0 Å². The third-order valence-electron chi connectivity index (χ3n) is 3.49. The SMILES string of the molecule is CC(C)(C)c1ccc([C@H](N)CC2CC2)cc1. The van der Waals surface area contributed by atoms with E-state index in [1.807, 2.05) is 0 Å². The minimum absolute atomic E-state index is 0.235. The van der Waals surface area contributed by atoms with Crippen LogP contribution in [0.25, 0.3) is 0 Å². The largest absolute Gasteiger partial charge is 0.324 e. The second-order valence-corrected chi connectivity index (χ2v) is 6.16. The molecule has 1 nitrogen and oxygen atoms in total. The van der Waals surface area contributed by atoms with Gasteiger partial charge >= 0.3 is 0 Å². The van der Waals surface area contributed by atoms with Crippen molar-refractivity contribution in [2.45, 2.75) is 51.5 Å². The summed E-state index contributed by atoms with van der Waals surface area (Å²) in [4.78, 5) is 0. The van der Waals surface area contributed by atoms with E-state index in [2.05, 4.69) is 45.0 Å². The van der Waals surface area contributed by atoms with Gasteiger partial charge in [-0.2, -0.15) is 0 Å². The van der Waals surface area contributed by atoms with Gasteiger partial charge < -0.3 is 5.73 Å². The molecule has 16 heavy (non-hydrogen) atoms. The second kappa shape index (κ2) is 4.21. The zero-order chi connectivity index (χ0) is 11.8. The smallest absolute Gasteiger partial charge is 0.0297 e. The number of rotatable bonds is 3. The van der Waals surface area contributed by atoms with Crippen molar-refractivity contribution >= 4 is 0 Å². The van der Waals surface area contributed by atoms with Crippen LogP contribution in [0.15, 0.2) is 24.3 Å². The van der Waals surface area contributed by atoms with Crippen molar-refractivity contribution < 1.29 is 0 Å². The summed E-state index contributed by atoms with van der Waals surface area (Å²) in [5.74, 6) is 0.900. The molecule has 0 saturated heterocycles. The number of benzene rings is 1. The molecular formula is C15H23N. The number of nitrogens with two attached hydrogens (primary N) is 1. The Morgan fingerprint density at radius 3 is 2.19 bits per heavy atom. The molecule has 0 bridgehead atoms. The fourth-order valence-electron chi connectivity index (χ4n) is 2.08. The molecule has 1 fully saturated rings. The van der Waals surface area contributed by atoms with E-state index in [1.54, 1.807) is 0 Å². The van der Waals surface area contributed by atoms with Gasteiger partial charge in [-0.15, -0.1) is 0 Å². The van der Waals surface area contributed by atoms with Crippen LogP contribution in [0.3, 0.4) is 0 Å². The fraction of sp³-hybridized carbons (Fsp3) is 0.600. The van der Waals surface area contributed by atoms with Gasteiger partial charge in [0.1, 0.15) is 0 Å². The molecule has 1 heteroatoms. The van der Waals surface area contributed by atoms with Crippen LogP contribution in [0.1, 0.15) is 57.2 Å². The molecule has 0 unspecified atom stereocenters. The first-order valence-electron chi connectivity index (χ1n) is 6.33. The topological polar surface area (TPSA) is 26.0 Å². The molecule has 1 aromatic carbocycles. The normalized spacial score (nSPS) is 18.5. The van der Waals surface area contributed by atoms with Gasteiger partial charge in [-0.05, 0) is 28.9 Å². The highest BCUT2D eigenvalue weighted by molar-refractivity contribution is 5.29. The van der Waals surface area contributed by atoms with Crippen LogP contribution in [0.5, 0.6) is 0 Å². The van der Waals surface area contributed by atoms with Gasteiger partial charge in [-0.1, -0.05) is 57.9 Å². The lowest BCUT2D eigenvalue weighted by Gasteiger charge is -2.20. The van der Waals surface area contributed by atoms with Gasteiger partial charge in [0.2, 0.25) is 0 Å². The average Bonchev–Trinajstić information content (AvgIpc) is 3.00. The molecule has 0 heterocycles. The Morgan fingerprint density at radius 1 is 1.19 bits per heavy atom. The maximum atomic E-state index is 6.20. The lowest BCUT2D eigenvalue weighted by atomic mass is 9.86. The van der Waals surface area contributed by atoms with Gasteiger partial charge in [0, 0.05) is 6.04 Å². The van der Waals surface area contributed by atoms with Gasteiger partial charge in [0.05, 0.1) is 0 Å². The molecule has 1 aliphatic rings. The maximum absolute atomic E-state index is 6.20. The van der Waals surface area contributed by atoms with Gasteiger partial charge in [-0.3, -0.25) is 0 Å². The van der Waals surface area contributed by atoms with E-state index in [4.69, 9.17) is 5.73 Å². The van der Waals surface area contributed by atoms with Gasteiger partial charge in [-0.25, -0.2) is 0 Å². The van der Waals surface area contributed by atoms with Crippen molar-refractivity contribution in [3.05, 3.63) is 35.4 Å². The van der Waals surface area contributed by atoms with E-state index in [9.17, 15) is 0 Å². The van der Waals surface area contributed by atoms with Crippen molar-refractivity contribution in [2.24, 2.45) is 11.7 Å². The summed E-state index contributed by atoms with van der Waals surface area (Å²) in [5.41, 5.74) is 9.11. The second-order valence-electron chi connectivity index (χ2n) is 6.16. The number of hydrogen-bond acceptors (Lipinski definition) is 1. The average molecular weight is 217 g/mol. The van der Waals surface area contributed by atoms with Crippen LogP contribution in [0, 0.1) is 5.92 Å². The Bertz CT molecular complexity index is 341. The number of hydrogen-bond donors (Lipinski definition) is 1. The molecule has 0 spiro atoms. The third kappa shape index (κ3) is 2.85. The van der Waals surface area contributed by atoms with Crippen LogP contribution in [0.2, 0.25) is 0 Å². The van der Waals surface area contributed by atoms with Gasteiger partial charge in [0.15, 0.2) is 0 Å². The first-order chi connectivity index (χ1) is 7.47. The Kier molecular flexibility index (Phi) is 3.07. The van der Waals surface area contributed by atoms with Crippen molar-refractivity contribution in [3.63, 3.8) is 0 Å². The third-order valence-corrected chi connectivity index (χ3v) is 3.49. The minimum atomic E-state index is 0.235. The van der Waals surface area contributed by atoms with Crippen molar-refractivity contribution in [3.8, 4) is 0 Å². The summed E-state index contributed by atoms with van der Waals surface area (Å²) in [6.45, 7) is 6.73. The zero-order valence-corrected chi connectivity index (χ0v) is 10.7. The standard InChI is InChI=1S/C15H23N/c1-15(2,3)13-8-6-12(7-9-13)14(16)10-11-4-5-11/h6-9,11,14H,4-5,10,16H2,1-3H3/t14-/m1/s1. The monoisotopic (exact) mass is 217 g/mol. The van der Waals surface area contributed by atoms with Gasteiger partial charge in [0.25, 0.3) is 0 Å². The van der Waals surface area contributed by atoms with E-state index in [0.717, 1.165) is 12.3 Å². The van der Waals surface area contributed by atoms with Crippen molar-refractivity contribution in [1.82, 2.24) is 0 Å². The van der Waals surface area contributed by atoms with E-state index in [-0.39, 0.29) is 11.5 Å². The van der Waals surface area contributed by atoms with Crippen LogP contribution < -0.4 is 5.73 Å². The first-order valence-corrected chi connectivity index (χ1v) is 6.33. The molecule has 0 aromatic heterocycles. The molecule has 1 aromatic rings. The molecule has 2 N–H and O–H groups in total. The van der Waals surface area contributed by atoms with Crippen molar-refractivity contribution in [2.75, 3.05) is 0 Å². The molecule has 2 rings (SSSR count). The molecule has 0 aliphatic heterocycles. The highest BCUT2D eigenvalue weighted by atomic mass is 14.6. The molecule has 1 atom stereocenters. The Labute approximate surface area is 99.0 Å². The molecule has 0 radical (unpaired) electrons. The fourth-order valence-corrected chi connectivity index (χ4v) is 2.08. The van der Waals surface area contributed by atoms with E-state index in [1.165, 1.54) is 24.0 Å². The molecule has 1 saturated carbocycles. The minimum Gasteiger partial charge on any atom is -0.324 e. The highest BCUT2D eigenvalue weighted by Crippen LogP contribution is 2.37. The molecule has 1 aliphatic carbocycles. The predicted octanol–water partition coefficient (Wildman–Crippen LogP) is 3.78. The Balaban J connectivity index is 2.05. The van der Waals surface area contributed by atoms with Crippen LogP contribution in [-0.4, -0.2) is 0 Å². The molecule has 88 valence electrons. The lowest BCUT2D eigenvalue weighted by molar-refractivity contribution is 0.582. The lowest BCUT2D eigenvalue weighted by Crippen LogP contribution is -2.13. The molecular weight excluding hydrogens is 194 g/mol. The first kappa shape index (κ1) is 11.7. The summed E-state index contributed by atoms with van der Waals surface area (Å²) in [5, 5.41) is 0. The summed E-state index contributed by atoms with van der Waals surface area (Å²) in [7, 11) is 0. The van der Waals surface area contributed by atoms with Crippen LogP contribution in [-0.2, 0) is 5.41 Å².